The smallest absolute Gasteiger partial charge is 0.341 e. The Labute approximate surface area is 275 Å². The van der Waals surface area contributed by atoms with Crippen molar-refractivity contribution in [3.05, 3.63) is 107 Å². The van der Waals surface area contributed by atoms with E-state index < -0.39 is 17.6 Å². The van der Waals surface area contributed by atoms with E-state index in [0.29, 0.717) is 67.8 Å². The normalized spacial score (nSPS) is 13.3. The van der Waals surface area contributed by atoms with E-state index in [2.05, 4.69) is 20.2 Å². The van der Waals surface area contributed by atoms with Gasteiger partial charge in [-0.3, -0.25) is 4.90 Å². The van der Waals surface area contributed by atoms with Crippen LogP contribution in [0.15, 0.2) is 79.1 Å². The van der Waals surface area contributed by atoms with Crippen LogP contribution in [-0.2, 0) is 22.6 Å². The van der Waals surface area contributed by atoms with E-state index in [1.165, 1.54) is 18.5 Å². The molecule has 246 valence electrons. The molecule has 1 saturated heterocycles. The Morgan fingerprint density at radius 3 is 2.58 bits per heavy atom. The van der Waals surface area contributed by atoms with Crippen molar-refractivity contribution in [3.8, 4) is 11.9 Å². The van der Waals surface area contributed by atoms with Crippen LogP contribution in [0.1, 0.15) is 21.5 Å². The summed E-state index contributed by atoms with van der Waals surface area (Å²) in [7, 11) is 1.58. The zero-order chi connectivity index (χ0) is 33.5. The van der Waals surface area contributed by atoms with Crippen LogP contribution in [0.4, 0.5) is 26.0 Å². The minimum Gasteiger partial charge on any atom is -0.473 e. The molecule has 1 N–H and O–H groups in total. The molecule has 6 rings (SSSR count). The highest BCUT2D eigenvalue weighted by Crippen LogP contribution is 2.31. The topological polar surface area (TPSA) is 118 Å². The van der Waals surface area contributed by atoms with Gasteiger partial charge in [0.25, 0.3) is 0 Å². The van der Waals surface area contributed by atoms with Gasteiger partial charge in [0.2, 0.25) is 5.88 Å². The van der Waals surface area contributed by atoms with Crippen LogP contribution in [0.2, 0.25) is 0 Å². The third-order valence-corrected chi connectivity index (χ3v) is 8.00. The van der Waals surface area contributed by atoms with Gasteiger partial charge in [0.05, 0.1) is 41.3 Å². The number of nitrogens with zero attached hydrogens (tertiary/aromatic N) is 6. The zero-order valence-corrected chi connectivity index (χ0v) is 26.2. The molecule has 0 spiro atoms. The summed E-state index contributed by atoms with van der Waals surface area (Å²) in [5.74, 6) is -0.768. The fourth-order valence-electron chi connectivity index (χ4n) is 5.35. The number of halogens is 2. The maximum absolute atomic E-state index is 15.9. The fraction of sp³-hybridized carbons (Fsp3) is 0.257. The Kier molecular flexibility index (Phi) is 10.0. The highest BCUT2D eigenvalue weighted by Gasteiger charge is 2.25. The van der Waals surface area contributed by atoms with Gasteiger partial charge < -0.3 is 29.0 Å². The minimum absolute atomic E-state index is 0.00407. The Hall–Kier alpha value is -5.58. The molecule has 1 aliphatic heterocycles. The first kappa shape index (κ1) is 32.4. The molecule has 3 heterocycles. The van der Waals surface area contributed by atoms with Crippen molar-refractivity contribution in [3.63, 3.8) is 0 Å². The molecular weight excluding hydrogens is 620 g/mol. The van der Waals surface area contributed by atoms with Gasteiger partial charge in [0, 0.05) is 57.2 Å². The van der Waals surface area contributed by atoms with E-state index in [0.717, 1.165) is 0 Å². The summed E-state index contributed by atoms with van der Waals surface area (Å²) in [5, 5.41) is 12.0. The number of carbonyl (C=O) groups excluding carboxylic acids is 1. The van der Waals surface area contributed by atoms with Gasteiger partial charge >= 0.3 is 5.97 Å². The van der Waals surface area contributed by atoms with E-state index in [4.69, 9.17) is 19.5 Å². The lowest BCUT2D eigenvalue weighted by Crippen LogP contribution is -2.47. The monoisotopic (exact) mass is 653 g/mol. The number of esters is 1. The fourth-order valence-corrected chi connectivity index (χ4v) is 5.35. The van der Waals surface area contributed by atoms with Crippen LogP contribution < -0.4 is 15.0 Å². The summed E-state index contributed by atoms with van der Waals surface area (Å²) in [5.41, 5.74) is 1.84. The predicted octanol–water partition coefficient (Wildman–Crippen LogP) is 5.49. The van der Waals surface area contributed by atoms with Crippen molar-refractivity contribution in [2.45, 2.75) is 13.2 Å². The summed E-state index contributed by atoms with van der Waals surface area (Å²) >= 11 is 0. The maximum atomic E-state index is 15.9. The number of benzene rings is 3. The van der Waals surface area contributed by atoms with Crippen molar-refractivity contribution >= 4 is 34.2 Å². The van der Waals surface area contributed by atoms with Gasteiger partial charge in [0.15, 0.2) is 5.82 Å². The molecule has 48 heavy (non-hydrogen) atoms. The predicted molar refractivity (Wildman–Crippen MR) is 175 cm³/mol. The number of rotatable bonds is 12. The number of hydrogen-bond donors (Lipinski definition) is 1. The highest BCUT2D eigenvalue weighted by atomic mass is 19.1. The number of ether oxygens (including phenoxy) is 3. The second-order valence-corrected chi connectivity index (χ2v) is 11.1. The summed E-state index contributed by atoms with van der Waals surface area (Å²) < 4.78 is 48.5. The molecule has 0 aliphatic carbocycles. The number of nitriles is 1. The van der Waals surface area contributed by atoms with Crippen molar-refractivity contribution in [2.24, 2.45) is 0 Å². The van der Waals surface area contributed by atoms with Crippen LogP contribution in [0.5, 0.6) is 5.88 Å². The lowest BCUT2D eigenvalue weighted by molar-refractivity contribution is 0.0204. The largest absolute Gasteiger partial charge is 0.473 e. The van der Waals surface area contributed by atoms with Crippen LogP contribution in [-0.4, -0.2) is 72.0 Å². The maximum Gasteiger partial charge on any atom is 0.341 e. The Morgan fingerprint density at radius 1 is 1.02 bits per heavy atom. The number of carbonyl (C=O) groups is 1. The van der Waals surface area contributed by atoms with Crippen molar-refractivity contribution < 1.29 is 27.8 Å². The third-order valence-electron chi connectivity index (χ3n) is 8.00. The SMILES string of the molecule is COCCn1cnc2c(F)c(Nc3ccccc3)c(C(=O)OCN3CCN(c4cccc(OCc5ccc(C#N)cc5F)n4)CC3)cc21. The number of imidazole rings is 1. The number of methoxy groups -OCH3 is 1. The second-order valence-electron chi connectivity index (χ2n) is 11.1. The van der Waals surface area contributed by atoms with Gasteiger partial charge in [-0.2, -0.15) is 10.2 Å². The molecule has 0 atom stereocenters. The van der Waals surface area contributed by atoms with Gasteiger partial charge in [-0.05, 0) is 36.4 Å². The number of nitrogens with one attached hydrogen (secondary N) is 1. The third kappa shape index (κ3) is 7.35. The van der Waals surface area contributed by atoms with Crippen LogP contribution in [0.3, 0.4) is 0 Å². The molecule has 0 saturated carbocycles. The lowest BCUT2D eigenvalue weighted by Gasteiger charge is -2.35. The number of piperazine rings is 1. The average Bonchev–Trinajstić information content (AvgIpc) is 3.54. The van der Waals surface area contributed by atoms with E-state index in [1.54, 1.807) is 42.0 Å². The van der Waals surface area contributed by atoms with E-state index in [9.17, 15) is 9.18 Å². The number of fused-ring (bicyclic) bond motifs is 1. The minimum atomic E-state index is -0.665. The van der Waals surface area contributed by atoms with E-state index in [1.807, 2.05) is 41.3 Å². The van der Waals surface area contributed by atoms with Gasteiger partial charge in [-0.1, -0.05) is 30.3 Å². The summed E-state index contributed by atoms with van der Waals surface area (Å²) in [4.78, 5) is 26.4. The first-order chi connectivity index (χ1) is 23.4. The Morgan fingerprint density at radius 2 is 1.83 bits per heavy atom. The molecule has 5 aromatic rings. The van der Waals surface area contributed by atoms with Crippen LogP contribution in [0.25, 0.3) is 11.0 Å². The molecular formula is C35H33F2N7O4. The molecule has 0 radical (unpaired) electrons. The van der Waals surface area contributed by atoms with Crippen molar-refractivity contribution in [1.82, 2.24) is 19.4 Å². The van der Waals surface area contributed by atoms with Crippen molar-refractivity contribution in [2.75, 3.05) is 56.8 Å². The first-order valence-electron chi connectivity index (χ1n) is 15.3. The molecule has 0 bridgehead atoms. The molecule has 1 aliphatic rings. The Balaban J connectivity index is 1.09. The van der Waals surface area contributed by atoms with Crippen LogP contribution in [0, 0.1) is 23.0 Å². The molecule has 11 nitrogen and oxygen atoms in total. The number of hydrogen-bond acceptors (Lipinski definition) is 10. The average molecular weight is 654 g/mol. The number of pyridine rings is 1. The first-order valence-corrected chi connectivity index (χ1v) is 15.3. The van der Waals surface area contributed by atoms with Crippen molar-refractivity contribution in [1.29, 1.82) is 5.26 Å². The molecule has 2 aromatic heterocycles. The molecule has 0 unspecified atom stereocenters. The quantitative estimate of drug-likeness (QED) is 0.173. The van der Waals surface area contributed by atoms with E-state index >= 15 is 4.39 Å². The highest BCUT2D eigenvalue weighted by molar-refractivity contribution is 6.01. The number of para-hydroxylation sites is 1. The van der Waals surface area contributed by atoms with Gasteiger partial charge in [-0.25, -0.2) is 18.6 Å². The standard InChI is InChI=1S/C35H33F2N7O4/c1-46-17-16-44-22-39-34-29(44)19-27(33(32(34)37)40-26-6-3-2-4-7-26)35(45)48-23-42-12-14-43(15-13-42)30-8-5-9-31(41-30)47-21-25-11-10-24(20-38)18-28(25)36/h2-11,18-19,22,40H,12-17,21,23H2,1H3. The number of aromatic nitrogens is 3. The molecule has 3 aromatic carbocycles. The van der Waals surface area contributed by atoms with Gasteiger partial charge in [0.1, 0.15) is 30.5 Å². The summed E-state index contributed by atoms with van der Waals surface area (Å²) in [6, 6.07) is 22.2. The summed E-state index contributed by atoms with van der Waals surface area (Å²) in [6.45, 7) is 3.22. The molecule has 13 heteroatoms. The van der Waals surface area contributed by atoms with Crippen LogP contribution >= 0.6 is 0 Å². The molecule has 0 amide bonds. The van der Waals surface area contributed by atoms with E-state index in [-0.39, 0.29) is 35.7 Å². The number of anilines is 3. The molecule has 1 fully saturated rings. The Bertz CT molecular complexity index is 1940. The lowest BCUT2D eigenvalue weighted by atomic mass is 10.1. The second kappa shape index (κ2) is 14.9. The zero-order valence-electron chi connectivity index (χ0n) is 26.2. The summed E-state index contributed by atoms with van der Waals surface area (Å²) in [6.07, 6.45) is 1.53. The van der Waals surface area contributed by atoms with Gasteiger partial charge in [-0.15, -0.1) is 0 Å².